The number of benzene rings is 2. The quantitative estimate of drug-likeness (QED) is 0.766. The van der Waals surface area contributed by atoms with Gasteiger partial charge in [0.25, 0.3) is 0 Å². The van der Waals surface area contributed by atoms with Crippen molar-refractivity contribution in [1.29, 1.82) is 0 Å². The first-order valence-electron chi connectivity index (χ1n) is 9.13. The predicted octanol–water partition coefficient (Wildman–Crippen LogP) is 3.84. The van der Waals surface area contributed by atoms with Crippen LogP contribution >= 0.6 is 11.6 Å². The van der Waals surface area contributed by atoms with E-state index in [0.717, 1.165) is 5.56 Å². The van der Waals surface area contributed by atoms with Crippen molar-refractivity contribution in [1.82, 2.24) is 4.31 Å². The summed E-state index contributed by atoms with van der Waals surface area (Å²) in [5.41, 5.74) is 1.18. The number of hydrogen-bond donors (Lipinski definition) is 1. The van der Waals surface area contributed by atoms with Crippen molar-refractivity contribution in [2.24, 2.45) is 5.92 Å². The number of piperidine rings is 1. The van der Waals surface area contributed by atoms with Gasteiger partial charge < -0.3 is 10.1 Å². The number of amides is 1. The van der Waals surface area contributed by atoms with Crippen LogP contribution in [-0.2, 0) is 14.8 Å². The van der Waals surface area contributed by atoms with Gasteiger partial charge in [0.15, 0.2) is 0 Å². The van der Waals surface area contributed by atoms with Crippen molar-refractivity contribution in [3.63, 3.8) is 0 Å². The third kappa shape index (κ3) is 4.71. The minimum absolute atomic E-state index is 0.00536. The molecular formula is C20H22ClFN2O4S. The van der Waals surface area contributed by atoms with E-state index in [1.165, 1.54) is 35.7 Å². The molecule has 0 spiro atoms. The maximum atomic E-state index is 13.4. The average Bonchev–Trinajstić information content (AvgIpc) is 2.70. The monoisotopic (exact) mass is 440 g/mol. The molecule has 1 aliphatic rings. The third-order valence-electron chi connectivity index (χ3n) is 5.03. The number of aryl methyl sites for hydroxylation is 1. The Morgan fingerprint density at radius 1 is 1.21 bits per heavy atom. The molecular weight excluding hydrogens is 419 g/mol. The van der Waals surface area contributed by atoms with Crippen LogP contribution in [0.5, 0.6) is 5.75 Å². The van der Waals surface area contributed by atoms with Gasteiger partial charge in [0.05, 0.1) is 7.11 Å². The molecule has 0 radical (unpaired) electrons. The number of sulfonamides is 1. The first kappa shape index (κ1) is 21.5. The van der Waals surface area contributed by atoms with E-state index in [4.69, 9.17) is 16.3 Å². The minimum Gasteiger partial charge on any atom is -0.495 e. The molecule has 1 fully saturated rings. The number of carbonyl (C=O) groups is 1. The van der Waals surface area contributed by atoms with Gasteiger partial charge in [-0.05, 0) is 55.7 Å². The van der Waals surface area contributed by atoms with Gasteiger partial charge in [-0.25, -0.2) is 12.8 Å². The lowest BCUT2D eigenvalue weighted by Gasteiger charge is -2.31. The van der Waals surface area contributed by atoms with Gasteiger partial charge in [0.1, 0.15) is 16.5 Å². The zero-order valence-corrected chi connectivity index (χ0v) is 17.7. The molecule has 9 heteroatoms. The number of anilines is 1. The molecule has 6 nitrogen and oxygen atoms in total. The molecule has 0 aliphatic carbocycles. The number of nitrogens with zero attached hydrogens (tertiary/aromatic N) is 1. The summed E-state index contributed by atoms with van der Waals surface area (Å²) in [6, 6.07) is 8.64. The van der Waals surface area contributed by atoms with Gasteiger partial charge in [0, 0.05) is 29.7 Å². The Kier molecular flexibility index (Phi) is 6.45. The smallest absolute Gasteiger partial charge is 0.246 e. The maximum absolute atomic E-state index is 13.4. The normalized spacial score (nSPS) is 15.9. The molecule has 2 aromatic rings. The highest BCUT2D eigenvalue weighted by atomic mass is 35.5. The second-order valence-corrected chi connectivity index (χ2v) is 9.26. The largest absolute Gasteiger partial charge is 0.495 e. The number of nitrogens with one attached hydrogen (secondary N) is 1. The van der Waals surface area contributed by atoms with Crippen molar-refractivity contribution in [2.75, 3.05) is 25.5 Å². The molecule has 0 atom stereocenters. The predicted molar refractivity (Wildman–Crippen MR) is 109 cm³/mol. The Morgan fingerprint density at radius 3 is 2.55 bits per heavy atom. The Hall–Kier alpha value is -2.16. The zero-order chi connectivity index (χ0) is 21.2. The number of halogens is 2. The summed E-state index contributed by atoms with van der Waals surface area (Å²) >= 11 is 5.97. The molecule has 2 aromatic carbocycles. The van der Waals surface area contributed by atoms with E-state index in [-0.39, 0.29) is 35.6 Å². The highest BCUT2D eigenvalue weighted by Gasteiger charge is 2.34. The Labute approximate surface area is 174 Å². The van der Waals surface area contributed by atoms with Crippen LogP contribution in [0.1, 0.15) is 18.4 Å². The third-order valence-corrected chi connectivity index (χ3v) is 7.18. The summed E-state index contributed by atoms with van der Waals surface area (Å²) in [4.78, 5) is 12.6. The molecule has 0 unspecified atom stereocenters. The van der Waals surface area contributed by atoms with E-state index in [2.05, 4.69) is 5.32 Å². The summed E-state index contributed by atoms with van der Waals surface area (Å²) in [6.07, 6.45) is 0.727. The van der Waals surface area contributed by atoms with Crippen molar-refractivity contribution in [3.8, 4) is 5.75 Å². The molecule has 0 saturated carbocycles. The zero-order valence-electron chi connectivity index (χ0n) is 16.1. The van der Waals surface area contributed by atoms with Crippen LogP contribution in [-0.4, -0.2) is 38.8 Å². The van der Waals surface area contributed by atoms with Crippen LogP contribution in [0.2, 0.25) is 5.02 Å². The van der Waals surface area contributed by atoms with Crippen LogP contribution in [0.25, 0.3) is 0 Å². The standard InChI is InChI=1S/C20H22ClFN2O4S/c1-13-3-5-16(22)12-17(13)23-20(25)14-7-9-24(10-8-14)29(26,27)19-11-15(21)4-6-18(19)28-2/h3-6,11-12,14H,7-10H2,1-2H3,(H,23,25). The van der Waals surface area contributed by atoms with E-state index in [1.807, 2.05) is 0 Å². The summed E-state index contributed by atoms with van der Waals surface area (Å²) in [5.74, 6) is -0.806. The molecule has 1 aliphatic heterocycles. The van der Waals surface area contributed by atoms with Crippen molar-refractivity contribution < 1.29 is 22.3 Å². The lowest BCUT2D eigenvalue weighted by molar-refractivity contribution is -0.120. The molecule has 1 saturated heterocycles. The summed E-state index contributed by atoms with van der Waals surface area (Å²) in [7, 11) is -2.41. The molecule has 0 aromatic heterocycles. The molecule has 1 N–H and O–H groups in total. The van der Waals surface area contributed by atoms with E-state index < -0.39 is 15.8 Å². The van der Waals surface area contributed by atoms with E-state index in [0.29, 0.717) is 23.6 Å². The van der Waals surface area contributed by atoms with Gasteiger partial charge in [0.2, 0.25) is 15.9 Å². The fourth-order valence-electron chi connectivity index (χ4n) is 3.31. The topological polar surface area (TPSA) is 75.7 Å². The van der Waals surface area contributed by atoms with Crippen molar-refractivity contribution in [2.45, 2.75) is 24.7 Å². The fraction of sp³-hybridized carbons (Fsp3) is 0.350. The van der Waals surface area contributed by atoms with Crippen molar-refractivity contribution in [3.05, 3.63) is 52.8 Å². The van der Waals surface area contributed by atoms with Crippen LogP contribution < -0.4 is 10.1 Å². The van der Waals surface area contributed by atoms with E-state index >= 15 is 0 Å². The number of ether oxygens (including phenoxy) is 1. The van der Waals surface area contributed by atoms with Crippen LogP contribution in [0, 0.1) is 18.7 Å². The van der Waals surface area contributed by atoms with Gasteiger partial charge in [-0.2, -0.15) is 4.31 Å². The number of methoxy groups -OCH3 is 1. The Bertz CT molecular complexity index is 1020. The number of carbonyl (C=O) groups excluding carboxylic acids is 1. The van der Waals surface area contributed by atoms with Gasteiger partial charge in [-0.1, -0.05) is 17.7 Å². The lowest BCUT2D eigenvalue weighted by atomic mass is 9.97. The Balaban J connectivity index is 1.69. The van der Waals surface area contributed by atoms with Crippen LogP contribution in [0.3, 0.4) is 0 Å². The highest BCUT2D eigenvalue weighted by molar-refractivity contribution is 7.89. The summed E-state index contributed by atoms with van der Waals surface area (Å²) in [5, 5.41) is 3.04. The fourth-order valence-corrected chi connectivity index (χ4v) is 5.20. The second-order valence-electron chi connectivity index (χ2n) is 6.92. The molecule has 0 bridgehead atoms. The molecule has 29 heavy (non-hydrogen) atoms. The first-order valence-corrected chi connectivity index (χ1v) is 10.9. The molecule has 3 rings (SSSR count). The average molecular weight is 441 g/mol. The highest BCUT2D eigenvalue weighted by Crippen LogP contribution is 2.32. The van der Waals surface area contributed by atoms with Crippen LogP contribution in [0.4, 0.5) is 10.1 Å². The maximum Gasteiger partial charge on any atom is 0.246 e. The Morgan fingerprint density at radius 2 is 1.90 bits per heavy atom. The van der Waals surface area contributed by atoms with Gasteiger partial charge >= 0.3 is 0 Å². The van der Waals surface area contributed by atoms with Gasteiger partial charge in [-0.3, -0.25) is 4.79 Å². The SMILES string of the molecule is COc1ccc(Cl)cc1S(=O)(=O)N1CCC(C(=O)Nc2cc(F)ccc2C)CC1. The van der Waals surface area contributed by atoms with E-state index in [9.17, 15) is 17.6 Å². The molecule has 1 amide bonds. The second kappa shape index (κ2) is 8.69. The number of hydrogen-bond acceptors (Lipinski definition) is 4. The summed E-state index contributed by atoms with van der Waals surface area (Å²) in [6.45, 7) is 2.17. The molecule has 156 valence electrons. The van der Waals surface area contributed by atoms with Crippen molar-refractivity contribution >= 4 is 33.2 Å². The van der Waals surface area contributed by atoms with Crippen LogP contribution in [0.15, 0.2) is 41.3 Å². The summed E-state index contributed by atoms with van der Waals surface area (Å²) < 4.78 is 46.0. The lowest BCUT2D eigenvalue weighted by Crippen LogP contribution is -2.41. The first-order chi connectivity index (χ1) is 13.7. The number of rotatable bonds is 5. The minimum atomic E-state index is -3.81. The van der Waals surface area contributed by atoms with E-state index in [1.54, 1.807) is 19.1 Å². The van der Waals surface area contributed by atoms with Gasteiger partial charge in [-0.15, -0.1) is 0 Å². The molecule has 1 heterocycles.